The molecule has 1 N–H and O–H groups in total. The summed E-state index contributed by atoms with van der Waals surface area (Å²) >= 11 is 0. The predicted molar refractivity (Wildman–Crippen MR) is 59.2 cm³/mol. The molecule has 0 spiro atoms. The van der Waals surface area contributed by atoms with Crippen LogP contribution >= 0.6 is 0 Å². The van der Waals surface area contributed by atoms with Gasteiger partial charge in [-0.25, -0.2) is 0 Å². The van der Waals surface area contributed by atoms with Crippen molar-refractivity contribution in [1.29, 1.82) is 0 Å². The first-order valence-electron chi connectivity index (χ1n) is 5.93. The lowest BCUT2D eigenvalue weighted by molar-refractivity contribution is -0.133. The summed E-state index contributed by atoms with van der Waals surface area (Å²) < 4.78 is 10.7. The molecule has 2 atom stereocenters. The summed E-state index contributed by atoms with van der Waals surface area (Å²) in [5, 5.41) is 3.00. The number of likely N-dealkylation sites (N-methyl/N-ethyl adjacent to an activating group) is 1. The first-order chi connectivity index (χ1) is 7.81. The molecule has 2 rings (SSSR count). The molecular weight excluding hydrogens is 208 g/mol. The van der Waals surface area contributed by atoms with Crippen molar-refractivity contribution < 1.29 is 14.3 Å². The van der Waals surface area contributed by atoms with Crippen molar-refractivity contribution in [1.82, 2.24) is 10.2 Å². The van der Waals surface area contributed by atoms with E-state index in [1.54, 1.807) is 7.05 Å². The van der Waals surface area contributed by atoms with Gasteiger partial charge in [-0.2, -0.15) is 0 Å². The Morgan fingerprint density at radius 2 is 2.19 bits per heavy atom. The maximum Gasteiger partial charge on any atom is 0.242 e. The van der Waals surface area contributed by atoms with Crippen LogP contribution < -0.4 is 5.32 Å². The molecule has 2 unspecified atom stereocenters. The average Bonchev–Trinajstić information content (AvgIpc) is 2.73. The van der Waals surface area contributed by atoms with E-state index in [0.717, 1.165) is 26.2 Å². The van der Waals surface area contributed by atoms with Crippen molar-refractivity contribution in [3.05, 3.63) is 0 Å². The number of hydrogen-bond acceptors (Lipinski definition) is 4. The van der Waals surface area contributed by atoms with Crippen molar-refractivity contribution in [2.75, 3.05) is 46.6 Å². The summed E-state index contributed by atoms with van der Waals surface area (Å²) in [6.07, 6.45) is 1.06. The maximum atomic E-state index is 12.1. The maximum absolute atomic E-state index is 12.1. The molecule has 2 fully saturated rings. The van der Waals surface area contributed by atoms with Crippen molar-refractivity contribution in [2.45, 2.75) is 12.5 Å². The Morgan fingerprint density at radius 1 is 1.38 bits per heavy atom. The highest BCUT2D eigenvalue weighted by molar-refractivity contribution is 5.82. The summed E-state index contributed by atoms with van der Waals surface area (Å²) in [6, 6.07) is -0.190. The molecule has 0 radical (unpaired) electrons. The van der Waals surface area contributed by atoms with E-state index in [4.69, 9.17) is 9.47 Å². The van der Waals surface area contributed by atoms with Crippen LogP contribution in [0.2, 0.25) is 0 Å². The number of carbonyl (C=O) groups excluding carboxylic acids is 1. The molecule has 0 saturated carbocycles. The largest absolute Gasteiger partial charge is 0.381 e. The zero-order valence-electron chi connectivity index (χ0n) is 9.78. The third-order valence-electron chi connectivity index (χ3n) is 3.25. The Morgan fingerprint density at radius 3 is 2.88 bits per heavy atom. The second-order valence-corrected chi connectivity index (χ2v) is 4.43. The van der Waals surface area contributed by atoms with Crippen molar-refractivity contribution in [3.63, 3.8) is 0 Å². The fraction of sp³-hybridized carbons (Fsp3) is 0.909. The van der Waals surface area contributed by atoms with E-state index >= 15 is 0 Å². The zero-order valence-corrected chi connectivity index (χ0v) is 9.78. The Bertz CT molecular complexity index is 241. The highest BCUT2D eigenvalue weighted by Crippen LogP contribution is 2.15. The molecule has 0 bridgehead atoms. The monoisotopic (exact) mass is 228 g/mol. The summed E-state index contributed by atoms with van der Waals surface area (Å²) in [4.78, 5) is 14.0. The SMILES string of the molecule is CNC1COCCN(CC2CCOC2)C1=O. The van der Waals surface area contributed by atoms with E-state index in [2.05, 4.69) is 5.32 Å². The number of nitrogens with zero attached hydrogens (tertiary/aromatic N) is 1. The topological polar surface area (TPSA) is 50.8 Å². The third-order valence-corrected chi connectivity index (χ3v) is 3.25. The predicted octanol–water partition coefficient (Wildman–Crippen LogP) is -0.530. The molecule has 2 aliphatic rings. The average molecular weight is 228 g/mol. The second-order valence-electron chi connectivity index (χ2n) is 4.43. The number of nitrogens with one attached hydrogen (secondary N) is 1. The van der Waals surface area contributed by atoms with Gasteiger partial charge in [-0.05, 0) is 13.5 Å². The van der Waals surface area contributed by atoms with Crippen LogP contribution in [-0.4, -0.2) is 63.4 Å². The number of carbonyl (C=O) groups is 1. The van der Waals surface area contributed by atoms with Gasteiger partial charge < -0.3 is 19.7 Å². The zero-order chi connectivity index (χ0) is 11.4. The first-order valence-corrected chi connectivity index (χ1v) is 5.93. The fourth-order valence-electron chi connectivity index (χ4n) is 2.20. The van der Waals surface area contributed by atoms with Crippen molar-refractivity contribution in [2.24, 2.45) is 5.92 Å². The first kappa shape index (κ1) is 11.8. The lowest BCUT2D eigenvalue weighted by Gasteiger charge is -2.25. The molecule has 92 valence electrons. The minimum Gasteiger partial charge on any atom is -0.381 e. The summed E-state index contributed by atoms with van der Waals surface area (Å²) in [5.41, 5.74) is 0. The molecule has 0 aliphatic carbocycles. The van der Waals surface area contributed by atoms with Crippen LogP contribution in [0.1, 0.15) is 6.42 Å². The Labute approximate surface area is 96.1 Å². The highest BCUT2D eigenvalue weighted by atomic mass is 16.5. The third kappa shape index (κ3) is 2.72. The van der Waals surface area contributed by atoms with Gasteiger partial charge in [-0.3, -0.25) is 4.79 Å². The minimum absolute atomic E-state index is 0.159. The van der Waals surface area contributed by atoms with Gasteiger partial charge >= 0.3 is 0 Å². The molecule has 2 heterocycles. The molecule has 2 saturated heterocycles. The van der Waals surface area contributed by atoms with E-state index in [9.17, 15) is 4.79 Å². The Balaban J connectivity index is 1.92. The van der Waals surface area contributed by atoms with E-state index in [0.29, 0.717) is 25.7 Å². The van der Waals surface area contributed by atoms with Crippen LogP contribution in [0.4, 0.5) is 0 Å². The number of amides is 1. The summed E-state index contributed by atoms with van der Waals surface area (Å²) in [7, 11) is 1.80. The van der Waals surface area contributed by atoms with Crippen LogP contribution in [0.3, 0.4) is 0 Å². The fourth-order valence-corrected chi connectivity index (χ4v) is 2.20. The normalized spacial score (nSPS) is 31.8. The smallest absolute Gasteiger partial charge is 0.242 e. The molecule has 0 aromatic carbocycles. The quantitative estimate of drug-likeness (QED) is 0.705. The Hall–Kier alpha value is -0.650. The highest BCUT2D eigenvalue weighted by Gasteiger charge is 2.28. The molecule has 16 heavy (non-hydrogen) atoms. The molecule has 0 aromatic rings. The van der Waals surface area contributed by atoms with Gasteiger partial charge in [-0.1, -0.05) is 0 Å². The lowest BCUT2D eigenvalue weighted by Crippen LogP contribution is -2.47. The summed E-state index contributed by atoms with van der Waals surface area (Å²) in [5.74, 6) is 0.659. The molecular formula is C11H20N2O3. The van der Waals surface area contributed by atoms with Gasteiger partial charge in [0.1, 0.15) is 6.04 Å². The molecule has 2 aliphatic heterocycles. The molecule has 5 heteroatoms. The van der Waals surface area contributed by atoms with Crippen LogP contribution in [0.25, 0.3) is 0 Å². The Kier molecular flexibility index (Phi) is 4.15. The van der Waals surface area contributed by atoms with Gasteiger partial charge in [0.05, 0.1) is 19.8 Å². The van der Waals surface area contributed by atoms with Crippen LogP contribution in [-0.2, 0) is 14.3 Å². The van der Waals surface area contributed by atoms with Gasteiger partial charge in [0.25, 0.3) is 0 Å². The van der Waals surface area contributed by atoms with E-state index in [1.807, 2.05) is 4.90 Å². The number of rotatable bonds is 3. The van der Waals surface area contributed by atoms with Crippen molar-refractivity contribution in [3.8, 4) is 0 Å². The van der Waals surface area contributed by atoms with E-state index < -0.39 is 0 Å². The minimum atomic E-state index is -0.190. The standard InChI is InChI=1S/C11H20N2O3/c1-12-10-8-16-5-3-13(11(10)14)6-9-2-4-15-7-9/h9-10,12H,2-8H2,1H3. The van der Waals surface area contributed by atoms with Crippen LogP contribution in [0.5, 0.6) is 0 Å². The molecule has 0 aromatic heterocycles. The molecule has 5 nitrogen and oxygen atoms in total. The van der Waals surface area contributed by atoms with Gasteiger partial charge in [0.2, 0.25) is 5.91 Å². The van der Waals surface area contributed by atoms with E-state index in [1.165, 1.54) is 0 Å². The molecule has 1 amide bonds. The van der Waals surface area contributed by atoms with Crippen molar-refractivity contribution >= 4 is 5.91 Å². The number of hydrogen-bond donors (Lipinski definition) is 1. The van der Waals surface area contributed by atoms with Crippen LogP contribution in [0.15, 0.2) is 0 Å². The number of ether oxygens (including phenoxy) is 2. The van der Waals surface area contributed by atoms with Gasteiger partial charge in [-0.15, -0.1) is 0 Å². The second kappa shape index (κ2) is 5.61. The van der Waals surface area contributed by atoms with Gasteiger partial charge in [0, 0.05) is 25.6 Å². The van der Waals surface area contributed by atoms with E-state index in [-0.39, 0.29) is 11.9 Å². The lowest BCUT2D eigenvalue weighted by atomic mass is 10.1. The van der Waals surface area contributed by atoms with Crippen LogP contribution in [0, 0.1) is 5.92 Å². The summed E-state index contributed by atoms with van der Waals surface area (Å²) in [6.45, 7) is 4.24. The van der Waals surface area contributed by atoms with Gasteiger partial charge in [0.15, 0.2) is 0 Å².